The van der Waals surface area contributed by atoms with E-state index in [2.05, 4.69) is 0 Å². The number of aryl methyl sites for hydroxylation is 1. The minimum absolute atomic E-state index is 0.0991. The first-order valence-electron chi connectivity index (χ1n) is 4.22. The predicted octanol–water partition coefficient (Wildman–Crippen LogP) is -0.578. The van der Waals surface area contributed by atoms with E-state index in [9.17, 15) is 14.4 Å². The number of pyridine rings is 1. The Labute approximate surface area is 84.9 Å². The van der Waals surface area contributed by atoms with Crippen LogP contribution in [0.25, 0.3) is 0 Å². The summed E-state index contributed by atoms with van der Waals surface area (Å²) in [5.41, 5.74) is 4.06. The molecule has 0 aliphatic carbocycles. The quantitative estimate of drug-likeness (QED) is 0.694. The number of carbonyl (C=O) groups is 2. The molecule has 1 aromatic heterocycles. The number of aromatic carboxylic acids is 1. The van der Waals surface area contributed by atoms with Gasteiger partial charge in [-0.05, 0) is 0 Å². The summed E-state index contributed by atoms with van der Waals surface area (Å²) in [6.45, 7) is 0.260. The standard InChI is InChI=1S/C9H10N2O4/c10-8(13)2-4-11-3-1-7(12)6(5-11)9(14)15/h1,3,5H,2,4H2,(H2,10,13)(H,14,15). The normalized spacial score (nSPS) is 9.87. The lowest BCUT2D eigenvalue weighted by Crippen LogP contribution is -2.18. The minimum Gasteiger partial charge on any atom is -0.477 e. The molecular formula is C9H10N2O4. The molecule has 1 rings (SSSR count). The second-order valence-electron chi connectivity index (χ2n) is 2.98. The van der Waals surface area contributed by atoms with Crippen LogP contribution in [0.15, 0.2) is 23.3 Å². The highest BCUT2D eigenvalue weighted by atomic mass is 16.4. The van der Waals surface area contributed by atoms with E-state index in [1.807, 2.05) is 0 Å². The molecule has 0 fully saturated rings. The second kappa shape index (κ2) is 4.41. The molecule has 15 heavy (non-hydrogen) atoms. The number of nitrogens with two attached hydrogens (primary N) is 1. The summed E-state index contributed by atoms with van der Waals surface area (Å²) in [4.78, 5) is 32.2. The molecule has 0 bridgehead atoms. The Morgan fingerprint density at radius 1 is 1.47 bits per heavy atom. The molecule has 0 aromatic carbocycles. The van der Waals surface area contributed by atoms with Crippen molar-refractivity contribution >= 4 is 11.9 Å². The van der Waals surface area contributed by atoms with Crippen molar-refractivity contribution in [3.63, 3.8) is 0 Å². The SMILES string of the molecule is NC(=O)CCn1ccc(=O)c(C(=O)O)c1. The Morgan fingerprint density at radius 2 is 2.13 bits per heavy atom. The molecule has 0 unspecified atom stereocenters. The van der Waals surface area contributed by atoms with Crippen LogP contribution >= 0.6 is 0 Å². The van der Waals surface area contributed by atoms with Gasteiger partial charge in [0.25, 0.3) is 0 Å². The number of hydrogen-bond donors (Lipinski definition) is 2. The van der Waals surface area contributed by atoms with Gasteiger partial charge < -0.3 is 15.4 Å². The van der Waals surface area contributed by atoms with Gasteiger partial charge in [0.1, 0.15) is 5.56 Å². The molecule has 1 aromatic rings. The lowest BCUT2D eigenvalue weighted by atomic mass is 10.2. The fourth-order valence-electron chi connectivity index (χ4n) is 1.06. The van der Waals surface area contributed by atoms with Crippen LogP contribution in [0.5, 0.6) is 0 Å². The summed E-state index contributed by atoms with van der Waals surface area (Å²) in [6.07, 6.45) is 2.70. The summed E-state index contributed by atoms with van der Waals surface area (Å²) in [6, 6.07) is 1.14. The third-order valence-electron chi connectivity index (χ3n) is 1.82. The molecule has 6 heteroatoms. The van der Waals surface area contributed by atoms with Gasteiger partial charge in [-0.25, -0.2) is 4.79 Å². The number of hydrogen-bond acceptors (Lipinski definition) is 3. The van der Waals surface area contributed by atoms with Crippen molar-refractivity contribution in [2.45, 2.75) is 13.0 Å². The monoisotopic (exact) mass is 210 g/mol. The average molecular weight is 210 g/mol. The van der Waals surface area contributed by atoms with E-state index in [4.69, 9.17) is 10.8 Å². The summed E-state index contributed by atoms with van der Waals surface area (Å²) >= 11 is 0. The van der Waals surface area contributed by atoms with Crippen LogP contribution in [0, 0.1) is 0 Å². The van der Waals surface area contributed by atoms with Gasteiger partial charge in [-0.2, -0.15) is 0 Å². The first kappa shape index (κ1) is 11.0. The van der Waals surface area contributed by atoms with Crippen LogP contribution in [-0.4, -0.2) is 21.6 Å². The lowest BCUT2D eigenvalue weighted by molar-refractivity contribution is -0.118. The van der Waals surface area contributed by atoms with Gasteiger partial charge >= 0.3 is 5.97 Å². The summed E-state index contributed by atoms with van der Waals surface area (Å²) in [5, 5.41) is 8.66. The molecule has 0 saturated carbocycles. The van der Waals surface area contributed by atoms with E-state index in [0.717, 1.165) is 6.07 Å². The number of carbonyl (C=O) groups excluding carboxylic acids is 1. The van der Waals surface area contributed by atoms with Crippen LogP contribution in [0.3, 0.4) is 0 Å². The van der Waals surface area contributed by atoms with Gasteiger partial charge in [0.15, 0.2) is 5.43 Å². The molecule has 0 spiro atoms. The van der Waals surface area contributed by atoms with Gasteiger partial charge in [-0.1, -0.05) is 0 Å². The van der Waals surface area contributed by atoms with Gasteiger partial charge in [0.05, 0.1) is 0 Å². The van der Waals surface area contributed by atoms with Gasteiger partial charge in [0.2, 0.25) is 5.91 Å². The highest BCUT2D eigenvalue weighted by molar-refractivity contribution is 5.86. The summed E-state index contributed by atoms with van der Waals surface area (Å²) in [5.74, 6) is -1.76. The molecule has 0 saturated heterocycles. The number of carboxylic acid groups (broad SMARTS) is 1. The lowest BCUT2D eigenvalue weighted by Gasteiger charge is -2.04. The largest absolute Gasteiger partial charge is 0.477 e. The minimum atomic E-state index is -1.28. The fraction of sp³-hybridized carbons (Fsp3) is 0.222. The Morgan fingerprint density at radius 3 is 2.67 bits per heavy atom. The van der Waals surface area contributed by atoms with Crippen molar-refractivity contribution in [3.05, 3.63) is 34.2 Å². The van der Waals surface area contributed by atoms with E-state index in [1.54, 1.807) is 0 Å². The summed E-state index contributed by atoms with van der Waals surface area (Å²) in [7, 11) is 0. The second-order valence-corrected chi connectivity index (χ2v) is 2.98. The average Bonchev–Trinajstić information content (AvgIpc) is 2.16. The third kappa shape index (κ3) is 2.94. The zero-order valence-corrected chi connectivity index (χ0v) is 7.84. The van der Waals surface area contributed by atoms with E-state index in [0.29, 0.717) is 0 Å². The Bertz CT molecular complexity index is 450. The highest BCUT2D eigenvalue weighted by Gasteiger charge is 2.08. The maximum Gasteiger partial charge on any atom is 0.341 e. The molecular weight excluding hydrogens is 200 g/mol. The maximum absolute atomic E-state index is 11.1. The van der Waals surface area contributed by atoms with E-state index in [-0.39, 0.29) is 18.5 Å². The third-order valence-corrected chi connectivity index (χ3v) is 1.82. The highest BCUT2D eigenvalue weighted by Crippen LogP contribution is 1.95. The zero-order chi connectivity index (χ0) is 11.4. The van der Waals surface area contributed by atoms with Crippen molar-refractivity contribution in [2.24, 2.45) is 5.73 Å². The Kier molecular flexibility index (Phi) is 3.22. The van der Waals surface area contributed by atoms with Crippen LogP contribution < -0.4 is 11.2 Å². The van der Waals surface area contributed by atoms with Crippen molar-refractivity contribution in [1.29, 1.82) is 0 Å². The van der Waals surface area contributed by atoms with Crippen LogP contribution in [0.2, 0.25) is 0 Å². The van der Waals surface area contributed by atoms with Crippen LogP contribution in [0.4, 0.5) is 0 Å². The van der Waals surface area contributed by atoms with Gasteiger partial charge in [-0.3, -0.25) is 9.59 Å². The van der Waals surface area contributed by atoms with Crippen molar-refractivity contribution in [1.82, 2.24) is 4.57 Å². The number of carboxylic acids is 1. The topological polar surface area (TPSA) is 102 Å². The van der Waals surface area contributed by atoms with Crippen LogP contribution in [-0.2, 0) is 11.3 Å². The number of nitrogens with zero attached hydrogens (tertiary/aromatic N) is 1. The fourth-order valence-corrected chi connectivity index (χ4v) is 1.06. The predicted molar refractivity (Wildman–Crippen MR) is 51.5 cm³/mol. The molecule has 80 valence electrons. The first-order valence-corrected chi connectivity index (χ1v) is 4.22. The number of aromatic nitrogens is 1. The molecule has 0 aliphatic rings. The number of rotatable bonds is 4. The molecule has 3 N–H and O–H groups in total. The molecule has 0 radical (unpaired) electrons. The number of primary amides is 1. The molecule has 1 heterocycles. The number of amides is 1. The maximum atomic E-state index is 11.1. The van der Waals surface area contributed by atoms with Crippen molar-refractivity contribution in [3.8, 4) is 0 Å². The first-order chi connectivity index (χ1) is 7.00. The molecule has 1 amide bonds. The Balaban J connectivity index is 2.93. The van der Waals surface area contributed by atoms with Gasteiger partial charge in [0, 0.05) is 31.4 Å². The van der Waals surface area contributed by atoms with Gasteiger partial charge in [-0.15, -0.1) is 0 Å². The van der Waals surface area contributed by atoms with Crippen molar-refractivity contribution < 1.29 is 14.7 Å². The molecule has 0 aliphatic heterocycles. The summed E-state index contributed by atoms with van der Waals surface area (Å²) < 4.78 is 1.44. The van der Waals surface area contributed by atoms with Crippen molar-refractivity contribution in [2.75, 3.05) is 0 Å². The van der Waals surface area contributed by atoms with E-state index in [1.165, 1.54) is 17.0 Å². The molecule has 0 atom stereocenters. The Hall–Kier alpha value is -2.11. The zero-order valence-electron chi connectivity index (χ0n) is 7.84. The molecule has 6 nitrogen and oxygen atoms in total. The van der Waals surface area contributed by atoms with E-state index >= 15 is 0 Å². The van der Waals surface area contributed by atoms with E-state index < -0.39 is 17.3 Å². The van der Waals surface area contributed by atoms with Crippen LogP contribution in [0.1, 0.15) is 16.8 Å². The smallest absolute Gasteiger partial charge is 0.341 e.